The summed E-state index contributed by atoms with van der Waals surface area (Å²) >= 11 is 5.93. The van der Waals surface area contributed by atoms with Gasteiger partial charge in [0, 0.05) is 42.8 Å². The summed E-state index contributed by atoms with van der Waals surface area (Å²) in [7, 11) is 0. The molecule has 0 saturated carbocycles. The molecule has 1 aliphatic heterocycles. The topological polar surface area (TPSA) is 58.4 Å². The summed E-state index contributed by atoms with van der Waals surface area (Å²) in [5.74, 6) is -0.000257. The van der Waals surface area contributed by atoms with Gasteiger partial charge in [-0.2, -0.15) is 0 Å². The number of hydrogen-bond acceptors (Lipinski definition) is 3. The van der Waals surface area contributed by atoms with Gasteiger partial charge in [-0.3, -0.25) is 9.69 Å². The largest absolute Gasteiger partial charge is 0.349 e. The van der Waals surface area contributed by atoms with Crippen LogP contribution in [0.2, 0.25) is 5.02 Å². The predicted octanol–water partition coefficient (Wildman–Crippen LogP) is 3.19. The lowest BCUT2D eigenvalue weighted by Gasteiger charge is -2.32. The van der Waals surface area contributed by atoms with E-state index in [-0.39, 0.29) is 11.9 Å². The van der Waals surface area contributed by atoms with Crippen molar-refractivity contribution in [2.45, 2.75) is 32.0 Å². The Morgan fingerprint density at radius 3 is 2.24 bits per heavy atom. The molecule has 1 amide bonds. The lowest BCUT2D eigenvalue weighted by molar-refractivity contribution is 0.0909. The molecule has 1 aliphatic rings. The molecule has 3 N–H and O–H groups in total. The Labute approximate surface area is 154 Å². The Morgan fingerprint density at radius 1 is 1.04 bits per heavy atom. The number of hydrogen-bond donors (Lipinski definition) is 2. The van der Waals surface area contributed by atoms with Crippen molar-refractivity contribution in [3.05, 3.63) is 70.2 Å². The van der Waals surface area contributed by atoms with Gasteiger partial charge in [-0.1, -0.05) is 35.9 Å². The number of carbonyl (C=O) groups is 1. The second-order valence-corrected chi connectivity index (χ2v) is 6.99. The van der Waals surface area contributed by atoms with Gasteiger partial charge < -0.3 is 11.1 Å². The quantitative estimate of drug-likeness (QED) is 0.864. The Morgan fingerprint density at radius 2 is 1.64 bits per heavy atom. The highest BCUT2D eigenvalue weighted by Crippen LogP contribution is 2.16. The number of carbonyl (C=O) groups excluding carboxylic acids is 1. The molecule has 25 heavy (non-hydrogen) atoms. The van der Waals surface area contributed by atoms with Crippen LogP contribution in [0.25, 0.3) is 0 Å². The van der Waals surface area contributed by atoms with Crippen LogP contribution >= 0.6 is 11.6 Å². The number of benzene rings is 2. The molecule has 2 aromatic rings. The number of nitrogens with two attached hydrogens (primary N) is 1. The van der Waals surface area contributed by atoms with Gasteiger partial charge in [0.25, 0.3) is 5.91 Å². The van der Waals surface area contributed by atoms with E-state index < -0.39 is 0 Å². The molecule has 0 bridgehead atoms. The lowest BCUT2D eigenvalue weighted by atomic mass is 10.0. The number of nitrogens with one attached hydrogen (secondary N) is 1. The zero-order valence-electron chi connectivity index (χ0n) is 14.2. The number of rotatable bonds is 5. The number of likely N-dealkylation sites (tertiary alicyclic amines) is 1. The van der Waals surface area contributed by atoms with Crippen LogP contribution in [0.1, 0.15) is 34.3 Å². The van der Waals surface area contributed by atoms with Gasteiger partial charge in [0.1, 0.15) is 0 Å². The minimum atomic E-state index is -0.000257. The average Bonchev–Trinajstić information content (AvgIpc) is 2.65. The summed E-state index contributed by atoms with van der Waals surface area (Å²) < 4.78 is 0. The van der Waals surface area contributed by atoms with Crippen molar-refractivity contribution in [2.24, 2.45) is 5.73 Å². The first-order valence-electron chi connectivity index (χ1n) is 8.71. The Balaban J connectivity index is 1.46. The third-order valence-corrected chi connectivity index (χ3v) is 4.95. The Kier molecular flexibility index (Phi) is 6.08. The molecular formula is C20H24ClN3O. The average molecular weight is 358 g/mol. The van der Waals surface area contributed by atoms with Crippen LogP contribution in [0.4, 0.5) is 0 Å². The molecule has 0 radical (unpaired) electrons. The number of nitrogens with zero attached hydrogens (tertiary/aromatic N) is 1. The van der Waals surface area contributed by atoms with Crippen molar-refractivity contribution in [3.8, 4) is 0 Å². The second kappa shape index (κ2) is 8.48. The fourth-order valence-corrected chi connectivity index (χ4v) is 3.27. The Hall–Kier alpha value is -1.88. The van der Waals surface area contributed by atoms with Gasteiger partial charge in [-0.15, -0.1) is 0 Å². The van der Waals surface area contributed by atoms with Crippen molar-refractivity contribution in [3.63, 3.8) is 0 Å². The van der Waals surface area contributed by atoms with E-state index in [0.29, 0.717) is 12.1 Å². The maximum Gasteiger partial charge on any atom is 0.251 e. The summed E-state index contributed by atoms with van der Waals surface area (Å²) in [6, 6.07) is 15.7. The van der Waals surface area contributed by atoms with Crippen molar-refractivity contribution in [1.29, 1.82) is 0 Å². The Bertz CT molecular complexity index is 692. The van der Waals surface area contributed by atoms with Crippen LogP contribution in [0.15, 0.2) is 48.5 Å². The van der Waals surface area contributed by atoms with Crippen LogP contribution in [-0.4, -0.2) is 29.9 Å². The van der Waals surface area contributed by atoms with Gasteiger partial charge in [0.2, 0.25) is 0 Å². The number of piperidine rings is 1. The van der Waals surface area contributed by atoms with Crippen LogP contribution in [-0.2, 0) is 13.1 Å². The van der Waals surface area contributed by atoms with Crippen molar-refractivity contribution in [1.82, 2.24) is 10.2 Å². The number of halogens is 1. The fraction of sp³-hybridized carbons (Fsp3) is 0.350. The molecule has 2 aromatic carbocycles. The maximum atomic E-state index is 12.3. The molecule has 0 unspecified atom stereocenters. The van der Waals surface area contributed by atoms with Crippen LogP contribution < -0.4 is 11.1 Å². The third-order valence-electron chi connectivity index (χ3n) is 4.69. The molecule has 132 valence electrons. The van der Waals surface area contributed by atoms with Crippen LogP contribution in [0.5, 0.6) is 0 Å². The van der Waals surface area contributed by atoms with Gasteiger partial charge in [0.05, 0.1) is 0 Å². The molecule has 4 nitrogen and oxygen atoms in total. The minimum Gasteiger partial charge on any atom is -0.349 e. The monoisotopic (exact) mass is 357 g/mol. The molecule has 0 aromatic heterocycles. The molecule has 5 heteroatoms. The highest BCUT2D eigenvalue weighted by molar-refractivity contribution is 6.30. The third kappa shape index (κ3) is 5.05. The second-order valence-electron chi connectivity index (χ2n) is 6.55. The minimum absolute atomic E-state index is 0.000257. The van der Waals surface area contributed by atoms with Gasteiger partial charge in [-0.25, -0.2) is 0 Å². The van der Waals surface area contributed by atoms with E-state index in [9.17, 15) is 4.79 Å². The zero-order valence-corrected chi connectivity index (χ0v) is 15.0. The van der Waals surface area contributed by atoms with Crippen LogP contribution in [0.3, 0.4) is 0 Å². The van der Waals surface area contributed by atoms with E-state index in [1.165, 1.54) is 5.56 Å². The van der Waals surface area contributed by atoms with Gasteiger partial charge >= 0.3 is 0 Å². The van der Waals surface area contributed by atoms with Crippen LogP contribution in [0, 0.1) is 0 Å². The molecule has 0 atom stereocenters. The molecule has 3 rings (SSSR count). The highest BCUT2D eigenvalue weighted by atomic mass is 35.5. The molecule has 1 saturated heterocycles. The zero-order chi connectivity index (χ0) is 17.6. The standard InChI is InChI=1S/C20H24ClN3O/c21-18-7-3-16(4-8-18)14-24-11-9-19(10-12-24)23-20(25)17-5-1-15(13-22)2-6-17/h1-8,19H,9-14,22H2,(H,23,25). The molecule has 1 fully saturated rings. The van der Waals surface area contributed by atoms with Crippen molar-refractivity contribution >= 4 is 17.5 Å². The lowest BCUT2D eigenvalue weighted by Crippen LogP contribution is -2.44. The fourth-order valence-electron chi connectivity index (χ4n) is 3.14. The first-order valence-corrected chi connectivity index (χ1v) is 9.08. The summed E-state index contributed by atoms with van der Waals surface area (Å²) in [6.07, 6.45) is 1.94. The highest BCUT2D eigenvalue weighted by Gasteiger charge is 2.21. The normalized spacial score (nSPS) is 15.9. The number of amides is 1. The van der Waals surface area contributed by atoms with E-state index in [1.54, 1.807) is 0 Å². The first kappa shape index (κ1) is 17.9. The maximum absolute atomic E-state index is 12.3. The summed E-state index contributed by atoms with van der Waals surface area (Å²) in [5, 5.41) is 3.92. The predicted molar refractivity (Wildman–Crippen MR) is 102 cm³/mol. The van der Waals surface area contributed by atoms with Crippen molar-refractivity contribution < 1.29 is 4.79 Å². The smallest absolute Gasteiger partial charge is 0.251 e. The van der Waals surface area contributed by atoms with Gasteiger partial charge in [-0.05, 0) is 48.2 Å². The summed E-state index contributed by atoms with van der Waals surface area (Å²) in [5.41, 5.74) is 8.59. The van der Waals surface area contributed by atoms with E-state index in [1.807, 2.05) is 36.4 Å². The van der Waals surface area contributed by atoms with Crippen molar-refractivity contribution in [2.75, 3.05) is 13.1 Å². The van der Waals surface area contributed by atoms with E-state index in [2.05, 4.69) is 22.3 Å². The molecular weight excluding hydrogens is 334 g/mol. The SMILES string of the molecule is NCc1ccc(C(=O)NC2CCN(Cc3ccc(Cl)cc3)CC2)cc1. The van der Waals surface area contributed by atoms with E-state index in [0.717, 1.165) is 43.1 Å². The molecule has 0 aliphatic carbocycles. The van der Waals surface area contributed by atoms with E-state index in [4.69, 9.17) is 17.3 Å². The molecule has 1 heterocycles. The van der Waals surface area contributed by atoms with Gasteiger partial charge in [0.15, 0.2) is 0 Å². The summed E-state index contributed by atoms with van der Waals surface area (Å²) in [6.45, 7) is 3.39. The summed E-state index contributed by atoms with van der Waals surface area (Å²) in [4.78, 5) is 14.8. The molecule has 0 spiro atoms. The first-order chi connectivity index (χ1) is 12.1. The van der Waals surface area contributed by atoms with E-state index >= 15 is 0 Å².